The first-order chi connectivity index (χ1) is 10.7. The van der Waals surface area contributed by atoms with Crippen LogP contribution >= 0.6 is 24.8 Å². The minimum absolute atomic E-state index is 0. The first-order valence-corrected chi connectivity index (χ1v) is 8.21. The summed E-state index contributed by atoms with van der Waals surface area (Å²) in [5.41, 5.74) is 3.68. The number of rotatable bonds is 4. The van der Waals surface area contributed by atoms with Crippen molar-refractivity contribution in [2.45, 2.75) is 32.1 Å². The van der Waals surface area contributed by atoms with Crippen molar-refractivity contribution in [1.29, 1.82) is 0 Å². The third-order valence-corrected chi connectivity index (χ3v) is 4.70. The lowest BCUT2D eigenvalue weighted by Gasteiger charge is -2.36. The van der Waals surface area contributed by atoms with Crippen molar-refractivity contribution in [3.05, 3.63) is 23.8 Å². The van der Waals surface area contributed by atoms with E-state index in [1.807, 2.05) is 0 Å². The molecule has 0 radical (unpaired) electrons. The molecule has 2 aliphatic rings. The van der Waals surface area contributed by atoms with Crippen LogP contribution < -0.4 is 15.1 Å². The number of methoxy groups -OCH3 is 1. The Labute approximate surface area is 157 Å². The molecule has 2 aliphatic heterocycles. The van der Waals surface area contributed by atoms with Gasteiger partial charge in [0.1, 0.15) is 0 Å². The fourth-order valence-corrected chi connectivity index (χ4v) is 3.52. The molecule has 2 N–H and O–H groups in total. The maximum atomic E-state index is 9.79. The van der Waals surface area contributed by atoms with Crippen molar-refractivity contribution in [1.82, 2.24) is 5.32 Å². The molecule has 0 amide bonds. The molecule has 138 valence electrons. The molecular weight excluding hydrogens is 349 g/mol. The molecule has 0 spiro atoms. The maximum absolute atomic E-state index is 9.79. The third-order valence-electron chi connectivity index (χ3n) is 4.70. The Kier molecular flexibility index (Phi) is 8.60. The predicted octanol–water partition coefficient (Wildman–Crippen LogP) is 2.05. The van der Waals surface area contributed by atoms with Crippen molar-refractivity contribution in [2.24, 2.45) is 0 Å². The van der Waals surface area contributed by atoms with Crippen LogP contribution in [0.1, 0.15) is 18.9 Å². The van der Waals surface area contributed by atoms with Gasteiger partial charge in [-0.1, -0.05) is 0 Å². The minimum atomic E-state index is -0.205. The molecule has 0 bridgehead atoms. The Balaban J connectivity index is 0.00000144. The van der Waals surface area contributed by atoms with Gasteiger partial charge in [-0.2, -0.15) is 0 Å². The average Bonchev–Trinajstić information content (AvgIpc) is 2.94. The normalized spacial score (nSPS) is 23.6. The molecule has 7 heteroatoms. The van der Waals surface area contributed by atoms with Crippen molar-refractivity contribution >= 4 is 36.2 Å². The summed E-state index contributed by atoms with van der Waals surface area (Å²) in [4.78, 5) is 4.72. The van der Waals surface area contributed by atoms with Gasteiger partial charge < -0.3 is 25.0 Å². The zero-order valence-corrected chi connectivity index (χ0v) is 16.0. The fraction of sp³-hybridized carbons (Fsp3) is 0.647. The molecule has 2 saturated heterocycles. The maximum Gasteiger partial charge on any atom is 0.0734 e. The monoisotopic (exact) mass is 377 g/mol. The second-order valence-electron chi connectivity index (χ2n) is 6.38. The van der Waals surface area contributed by atoms with E-state index in [1.54, 1.807) is 7.11 Å². The van der Waals surface area contributed by atoms with Gasteiger partial charge in [-0.3, -0.25) is 0 Å². The highest BCUT2D eigenvalue weighted by Crippen LogP contribution is 2.30. The van der Waals surface area contributed by atoms with E-state index < -0.39 is 0 Å². The number of nitrogens with zero attached hydrogens (tertiary/aromatic N) is 2. The second kappa shape index (κ2) is 9.68. The van der Waals surface area contributed by atoms with Gasteiger partial charge >= 0.3 is 0 Å². The van der Waals surface area contributed by atoms with Gasteiger partial charge in [-0.25, -0.2) is 0 Å². The zero-order chi connectivity index (χ0) is 15.5. The van der Waals surface area contributed by atoms with Gasteiger partial charge in [0.25, 0.3) is 0 Å². The van der Waals surface area contributed by atoms with Gasteiger partial charge in [0.05, 0.1) is 12.7 Å². The lowest BCUT2D eigenvalue weighted by Crippen LogP contribution is -2.49. The fourth-order valence-electron chi connectivity index (χ4n) is 3.52. The highest BCUT2D eigenvalue weighted by Gasteiger charge is 2.24. The summed E-state index contributed by atoms with van der Waals surface area (Å²) < 4.78 is 5.40. The van der Waals surface area contributed by atoms with E-state index in [4.69, 9.17) is 4.74 Å². The van der Waals surface area contributed by atoms with Crippen molar-refractivity contribution in [3.8, 4) is 0 Å². The number of β-amino-alcohol motifs (C(OH)–C–C–N with tert-alkyl or cyclic N) is 1. The summed E-state index contributed by atoms with van der Waals surface area (Å²) in [6.45, 7) is 7.60. The molecule has 3 rings (SSSR count). The van der Waals surface area contributed by atoms with Gasteiger partial charge in [-0.05, 0) is 31.5 Å². The van der Waals surface area contributed by atoms with E-state index in [-0.39, 0.29) is 30.9 Å². The Morgan fingerprint density at radius 1 is 1.29 bits per heavy atom. The molecule has 1 aromatic rings. The molecule has 24 heavy (non-hydrogen) atoms. The Morgan fingerprint density at radius 3 is 2.71 bits per heavy atom. The van der Waals surface area contributed by atoms with Crippen LogP contribution in [0.25, 0.3) is 0 Å². The number of hydrogen-bond donors (Lipinski definition) is 2. The highest BCUT2D eigenvalue weighted by molar-refractivity contribution is 5.85. The van der Waals surface area contributed by atoms with Crippen LogP contribution in [-0.2, 0) is 11.3 Å². The summed E-state index contributed by atoms with van der Waals surface area (Å²) in [5, 5.41) is 13.2. The number of halogens is 2. The molecular formula is C17H29Cl2N3O2. The van der Waals surface area contributed by atoms with Crippen LogP contribution in [-0.4, -0.2) is 57.1 Å². The summed E-state index contributed by atoms with van der Waals surface area (Å²) >= 11 is 0. The third kappa shape index (κ3) is 4.67. The van der Waals surface area contributed by atoms with Crippen LogP contribution in [0.15, 0.2) is 18.2 Å². The smallest absolute Gasteiger partial charge is 0.0734 e. The van der Waals surface area contributed by atoms with Gasteiger partial charge in [0.2, 0.25) is 0 Å². The van der Waals surface area contributed by atoms with Crippen LogP contribution in [0.2, 0.25) is 0 Å². The largest absolute Gasteiger partial charge is 0.391 e. The molecule has 1 aromatic carbocycles. The second-order valence-corrected chi connectivity index (χ2v) is 6.38. The first-order valence-electron chi connectivity index (χ1n) is 8.21. The average molecular weight is 378 g/mol. The van der Waals surface area contributed by atoms with E-state index in [1.165, 1.54) is 16.9 Å². The van der Waals surface area contributed by atoms with Gasteiger partial charge in [-0.15, -0.1) is 24.8 Å². The Hall–Kier alpha value is -0.720. The number of benzene rings is 1. The van der Waals surface area contributed by atoms with E-state index in [0.717, 1.165) is 39.1 Å². The van der Waals surface area contributed by atoms with Gasteiger partial charge in [0, 0.05) is 62.8 Å². The lowest BCUT2D eigenvalue weighted by molar-refractivity contribution is 0.185. The van der Waals surface area contributed by atoms with Crippen LogP contribution in [0.3, 0.4) is 0 Å². The first kappa shape index (κ1) is 21.3. The summed E-state index contributed by atoms with van der Waals surface area (Å²) in [5.74, 6) is 0. The van der Waals surface area contributed by atoms with Crippen LogP contribution in [0.4, 0.5) is 11.4 Å². The molecule has 0 aromatic heterocycles. The minimum Gasteiger partial charge on any atom is -0.391 e. The quantitative estimate of drug-likeness (QED) is 0.840. The van der Waals surface area contributed by atoms with E-state index >= 15 is 0 Å². The highest BCUT2D eigenvalue weighted by atomic mass is 35.5. The molecule has 0 unspecified atom stereocenters. The van der Waals surface area contributed by atoms with Crippen LogP contribution in [0, 0.1) is 0 Å². The number of anilines is 2. The number of nitrogens with one attached hydrogen (secondary N) is 1. The predicted molar refractivity (Wildman–Crippen MR) is 104 cm³/mol. The van der Waals surface area contributed by atoms with Crippen LogP contribution in [0.5, 0.6) is 0 Å². The Bertz CT molecular complexity index is 519. The van der Waals surface area contributed by atoms with Crippen molar-refractivity contribution in [3.63, 3.8) is 0 Å². The summed E-state index contributed by atoms with van der Waals surface area (Å²) in [6, 6.07) is 7.16. The Morgan fingerprint density at radius 2 is 2.08 bits per heavy atom. The summed E-state index contributed by atoms with van der Waals surface area (Å²) in [7, 11) is 1.74. The molecule has 0 saturated carbocycles. The van der Waals surface area contributed by atoms with E-state index in [9.17, 15) is 5.11 Å². The number of piperazine rings is 1. The van der Waals surface area contributed by atoms with Crippen molar-refractivity contribution < 1.29 is 9.84 Å². The number of hydrogen-bond acceptors (Lipinski definition) is 5. The molecule has 2 fully saturated rings. The number of aliphatic hydroxyl groups excluding tert-OH is 1. The van der Waals surface area contributed by atoms with E-state index in [2.05, 4.69) is 40.2 Å². The van der Waals surface area contributed by atoms with Crippen molar-refractivity contribution in [2.75, 3.05) is 49.6 Å². The van der Waals surface area contributed by atoms with Gasteiger partial charge in [0.15, 0.2) is 0 Å². The molecule has 0 aliphatic carbocycles. The SMILES string of the molecule is COCc1cc(N2CCNC[C@H]2C)ccc1N1CC[C@H](O)C1.Cl.Cl. The lowest BCUT2D eigenvalue weighted by atomic mass is 10.1. The molecule has 5 nitrogen and oxygen atoms in total. The van der Waals surface area contributed by atoms with E-state index in [0.29, 0.717) is 12.6 Å². The summed E-state index contributed by atoms with van der Waals surface area (Å²) in [6.07, 6.45) is 0.645. The molecule has 2 heterocycles. The molecule has 2 atom stereocenters. The number of aliphatic hydroxyl groups is 1. The topological polar surface area (TPSA) is 48.0 Å². The number of ether oxygens (including phenoxy) is 1. The standard InChI is InChI=1S/C17H27N3O2.2ClH/c1-13-10-18-6-8-20(13)15-3-4-17(14(9-15)12-22-2)19-7-5-16(21)11-19;;/h3-4,9,13,16,18,21H,5-8,10-12H2,1-2H3;2*1H/t13-,16+;;/m1../s1. The zero-order valence-electron chi connectivity index (χ0n) is 14.4.